The predicted molar refractivity (Wildman–Crippen MR) is 184 cm³/mol. The van der Waals surface area contributed by atoms with Gasteiger partial charge in [0.1, 0.15) is 6.04 Å². The number of carbonyl (C=O) groups is 2. The minimum atomic E-state index is -0.738. The largest absolute Gasteiger partial charge is 0.493 e. The Labute approximate surface area is 277 Å². The van der Waals surface area contributed by atoms with Crippen LogP contribution in [-0.2, 0) is 16.0 Å². The number of pyridine rings is 1. The number of methoxy groups -OCH3 is 3. The van der Waals surface area contributed by atoms with Crippen LogP contribution in [0.2, 0.25) is 0 Å². The van der Waals surface area contributed by atoms with E-state index in [1.165, 1.54) is 24.3 Å². The van der Waals surface area contributed by atoms with Crippen LogP contribution in [0.5, 0.6) is 17.2 Å². The average molecular weight is 658 g/mol. The van der Waals surface area contributed by atoms with Gasteiger partial charge in [0, 0.05) is 35.8 Å². The number of thiazole rings is 1. The zero-order chi connectivity index (χ0) is 33.7. The SMILES string of the molecule is CC[C@@H](C)[C@H](Nc1ccc2c(cc1=O)[C@@H](NC(C)=O)CCc1cc(OC)c(OC)c(OC)c1-2)C(=O)Nc1nc(-c2cccnc2)cs1. The Bertz CT molecular complexity index is 1830. The molecule has 5 rings (SSSR count). The molecule has 0 bridgehead atoms. The van der Waals surface area contributed by atoms with Gasteiger partial charge in [-0.25, -0.2) is 4.98 Å². The molecule has 2 aromatic heterocycles. The minimum absolute atomic E-state index is 0.125. The maximum atomic E-state index is 13.9. The van der Waals surface area contributed by atoms with Gasteiger partial charge in [0.15, 0.2) is 16.6 Å². The summed E-state index contributed by atoms with van der Waals surface area (Å²) in [6.45, 7) is 5.40. The third-order valence-corrected chi connectivity index (χ3v) is 9.17. The third-order valence-electron chi connectivity index (χ3n) is 8.41. The lowest BCUT2D eigenvalue weighted by atomic mass is 9.95. The number of nitrogens with zero attached hydrogens (tertiary/aromatic N) is 2. The van der Waals surface area contributed by atoms with Crippen LogP contribution in [0.25, 0.3) is 22.4 Å². The molecular formula is C35H39N5O6S. The van der Waals surface area contributed by atoms with Gasteiger partial charge in [0.05, 0.1) is 38.8 Å². The van der Waals surface area contributed by atoms with Crippen LogP contribution in [0.15, 0.2) is 59.0 Å². The summed E-state index contributed by atoms with van der Waals surface area (Å²) in [6, 6.07) is 9.51. The second-order valence-corrected chi connectivity index (χ2v) is 12.2. The number of rotatable bonds is 11. The van der Waals surface area contributed by atoms with E-state index in [1.807, 2.05) is 43.5 Å². The molecule has 3 N–H and O–H groups in total. The highest BCUT2D eigenvalue weighted by Crippen LogP contribution is 2.50. The van der Waals surface area contributed by atoms with E-state index in [1.54, 1.807) is 39.8 Å². The molecule has 246 valence electrons. The molecule has 0 unspecified atom stereocenters. The quantitative estimate of drug-likeness (QED) is 0.181. The first-order chi connectivity index (χ1) is 22.7. The van der Waals surface area contributed by atoms with Gasteiger partial charge in [-0.1, -0.05) is 26.3 Å². The molecule has 0 saturated heterocycles. The normalized spacial score (nSPS) is 14.8. The van der Waals surface area contributed by atoms with E-state index in [-0.39, 0.29) is 28.8 Å². The van der Waals surface area contributed by atoms with Gasteiger partial charge in [-0.05, 0) is 65.8 Å². The summed E-state index contributed by atoms with van der Waals surface area (Å²) in [4.78, 5) is 48.6. The number of anilines is 2. The summed E-state index contributed by atoms with van der Waals surface area (Å²) in [5, 5.41) is 11.5. The topological polar surface area (TPSA) is 141 Å². The van der Waals surface area contributed by atoms with Gasteiger partial charge in [0.25, 0.3) is 0 Å². The van der Waals surface area contributed by atoms with Crippen molar-refractivity contribution in [3.8, 4) is 39.6 Å². The molecule has 0 spiro atoms. The molecule has 0 radical (unpaired) electrons. The van der Waals surface area contributed by atoms with E-state index in [0.717, 1.165) is 16.7 Å². The minimum Gasteiger partial charge on any atom is -0.493 e. The fraction of sp³-hybridized carbons (Fsp3) is 0.343. The van der Waals surface area contributed by atoms with Crippen LogP contribution < -0.4 is 35.6 Å². The predicted octanol–water partition coefficient (Wildman–Crippen LogP) is 5.85. The van der Waals surface area contributed by atoms with Gasteiger partial charge in [-0.2, -0.15) is 0 Å². The zero-order valence-corrected chi connectivity index (χ0v) is 28.1. The molecule has 3 atom stereocenters. The summed E-state index contributed by atoms with van der Waals surface area (Å²) in [6.07, 6.45) is 5.22. The summed E-state index contributed by atoms with van der Waals surface area (Å²) in [7, 11) is 4.66. The first-order valence-electron chi connectivity index (χ1n) is 15.4. The fourth-order valence-electron chi connectivity index (χ4n) is 5.86. The lowest BCUT2D eigenvalue weighted by molar-refractivity contribution is -0.120. The van der Waals surface area contributed by atoms with E-state index < -0.39 is 12.1 Å². The van der Waals surface area contributed by atoms with E-state index in [2.05, 4.69) is 25.9 Å². The molecule has 12 heteroatoms. The molecule has 1 aliphatic rings. The fourth-order valence-corrected chi connectivity index (χ4v) is 6.58. The van der Waals surface area contributed by atoms with Crippen LogP contribution in [-0.4, -0.2) is 49.2 Å². The number of aryl methyl sites for hydroxylation is 1. The molecule has 1 aliphatic carbocycles. The first-order valence-corrected chi connectivity index (χ1v) is 16.3. The molecule has 0 saturated carbocycles. The van der Waals surface area contributed by atoms with Crippen molar-refractivity contribution in [3.63, 3.8) is 0 Å². The lowest BCUT2D eigenvalue weighted by Crippen LogP contribution is -2.40. The van der Waals surface area contributed by atoms with Gasteiger partial charge < -0.3 is 30.2 Å². The van der Waals surface area contributed by atoms with Crippen molar-refractivity contribution in [1.82, 2.24) is 15.3 Å². The van der Waals surface area contributed by atoms with Crippen LogP contribution in [0.4, 0.5) is 10.8 Å². The number of carbonyl (C=O) groups excluding carboxylic acids is 2. The molecule has 0 aliphatic heterocycles. The number of amides is 2. The van der Waals surface area contributed by atoms with Gasteiger partial charge in [-0.3, -0.25) is 19.4 Å². The highest BCUT2D eigenvalue weighted by atomic mass is 32.1. The molecule has 2 heterocycles. The van der Waals surface area contributed by atoms with Crippen molar-refractivity contribution >= 4 is 34.0 Å². The molecule has 11 nitrogen and oxygen atoms in total. The van der Waals surface area contributed by atoms with Crippen molar-refractivity contribution in [1.29, 1.82) is 0 Å². The summed E-state index contributed by atoms with van der Waals surface area (Å²) >= 11 is 1.32. The van der Waals surface area contributed by atoms with Gasteiger partial charge >= 0.3 is 0 Å². The van der Waals surface area contributed by atoms with Crippen LogP contribution >= 0.6 is 11.3 Å². The average Bonchev–Trinajstić information content (AvgIpc) is 3.42. The van der Waals surface area contributed by atoms with E-state index in [0.29, 0.717) is 58.5 Å². The Balaban J connectivity index is 1.56. The second-order valence-electron chi connectivity index (χ2n) is 11.4. The van der Waals surface area contributed by atoms with Crippen LogP contribution in [0.3, 0.4) is 0 Å². The summed E-state index contributed by atoms with van der Waals surface area (Å²) in [5.74, 6) is 0.760. The van der Waals surface area contributed by atoms with Crippen molar-refractivity contribution in [3.05, 3.63) is 75.5 Å². The van der Waals surface area contributed by atoms with Crippen molar-refractivity contribution in [2.75, 3.05) is 32.0 Å². The number of fused-ring (bicyclic) bond motifs is 3. The number of hydrogen-bond donors (Lipinski definition) is 3. The molecule has 4 aromatic rings. The highest BCUT2D eigenvalue weighted by molar-refractivity contribution is 7.14. The smallest absolute Gasteiger partial charge is 0.248 e. The standard InChI is InChI=1S/C35H39N5O6S/c1-7-19(2)31(34(43)40-35-39-27(18-47-35)22-9-8-14-36-17-22)38-26-13-11-23-24(16-28(26)42)25(37-20(3)41)12-10-21-15-29(44-4)32(45-5)33(46-6)30(21)23/h8-9,11,13-19,25,31H,7,10,12H2,1-6H3,(H,37,41)(H,38,42)(H,39,40,43)/t19-,25+,31+/m1/s1. The second kappa shape index (κ2) is 14.6. The molecule has 2 aromatic carbocycles. The number of nitrogens with one attached hydrogen (secondary N) is 3. The summed E-state index contributed by atoms with van der Waals surface area (Å²) in [5.41, 5.74) is 4.50. The Morgan fingerprint density at radius 2 is 1.87 bits per heavy atom. The van der Waals surface area contributed by atoms with Gasteiger partial charge in [-0.15, -0.1) is 11.3 Å². The molecule has 2 amide bonds. The summed E-state index contributed by atoms with van der Waals surface area (Å²) < 4.78 is 17.2. The molecule has 47 heavy (non-hydrogen) atoms. The van der Waals surface area contributed by atoms with Crippen molar-refractivity contribution in [2.45, 2.75) is 52.1 Å². The van der Waals surface area contributed by atoms with Crippen molar-refractivity contribution in [2.24, 2.45) is 5.92 Å². The van der Waals surface area contributed by atoms with Crippen LogP contribution in [0, 0.1) is 5.92 Å². The Morgan fingerprint density at radius 3 is 2.53 bits per heavy atom. The van der Waals surface area contributed by atoms with E-state index in [4.69, 9.17) is 14.2 Å². The lowest BCUT2D eigenvalue weighted by Gasteiger charge is -2.23. The number of ether oxygens (including phenoxy) is 3. The van der Waals surface area contributed by atoms with Crippen LogP contribution in [0.1, 0.15) is 50.8 Å². The number of hydrogen-bond acceptors (Lipinski definition) is 10. The first kappa shape index (κ1) is 33.4. The molecular weight excluding hydrogens is 618 g/mol. The maximum absolute atomic E-state index is 13.9. The monoisotopic (exact) mass is 657 g/mol. The Kier molecular flexibility index (Phi) is 10.4. The zero-order valence-electron chi connectivity index (χ0n) is 27.3. The van der Waals surface area contributed by atoms with Crippen molar-refractivity contribution < 1.29 is 23.8 Å². The number of aromatic nitrogens is 2. The van der Waals surface area contributed by atoms with Gasteiger partial charge in [0.2, 0.25) is 23.0 Å². The number of benzene rings is 1. The maximum Gasteiger partial charge on any atom is 0.248 e. The highest BCUT2D eigenvalue weighted by Gasteiger charge is 2.30. The third kappa shape index (κ3) is 7.07. The Hall–Kier alpha value is -4.97. The molecule has 0 fully saturated rings. The Morgan fingerprint density at radius 1 is 1.09 bits per heavy atom. The van der Waals surface area contributed by atoms with E-state index >= 15 is 0 Å². The van der Waals surface area contributed by atoms with E-state index in [9.17, 15) is 14.4 Å².